The quantitative estimate of drug-likeness (QED) is 0.693. The van der Waals surface area contributed by atoms with E-state index in [2.05, 4.69) is 10.8 Å². The lowest BCUT2D eigenvalue weighted by Gasteiger charge is -1.92. The third-order valence-corrected chi connectivity index (χ3v) is 2.66. The fourth-order valence-corrected chi connectivity index (χ4v) is 1.83. The fraction of sp³-hybridized carbons (Fsp3) is 0.333. The maximum atomic E-state index is 11.0. The molecule has 1 heterocycles. The zero-order valence-electron chi connectivity index (χ0n) is 7.24. The predicted octanol–water partition coefficient (Wildman–Crippen LogP) is 1.99. The standard InChI is InChI=1S/C9H9NO2S/c1-12-9(11)8-5-4-7(13-8)3-2-6-10/h4-5H,2-3H2,1H3. The van der Waals surface area contributed by atoms with Gasteiger partial charge in [-0.2, -0.15) is 5.26 Å². The summed E-state index contributed by atoms with van der Waals surface area (Å²) < 4.78 is 4.56. The van der Waals surface area contributed by atoms with E-state index in [-0.39, 0.29) is 5.97 Å². The molecule has 4 heteroatoms. The van der Waals surface area contributed by atoms with Crippen LogP contribution in [0.3, 0.4) is 0 Å². The minimum atomic E-state index is -0.312. The summed E-state index contributed by atoms with van der Waals surface area (Å²) in [6.45, 7) is 0. The third kappa shape index (κ3) is 2.56. The lowest BCUT2D eigenvalue weighted by Crippen LogP contribution is -1.96. The summed E-state index contributed by atoms with van der Waals surface area (Å²) in [5.74, 6) is -0.312. The Bertz CT molecular complexity index is 338. The summed E-state index contributed by atoms with van der Waals surface area (Å²) in [7, 11) is 1.36. The van der Waals surface area contributed by atoms with Gasteiger partial charge >= 0.3 is 5.97 Å². The van der Waals surface area contributed by atoms with Crippen molar-refractivity contribution in [3.8, 4) is 6.07 Å². The molecule has 3 nitrogen and oxygen atoms in total. The van der Waals surface area contributed by atoms with Crippen LogP contribution in [0.15, 0.2) is 12.1 Å². The van der Waals surface area contributed by atoms with E-state index in [4.69, 9.17) is 5.26 Å². The van der Waals surface area contributed by atoms with E-state index in [0.717, 1.165) is 4.88 Å². The molecule has 0 unspecified atom stereocenters. The number of carbonyl (C=O) groups is 1. The summed E-state index contributed by atoms with van der Waals surface area (Å²) >= 11 is 1.38. The monoisotopic (exact) mass is 195 g/mol. The van der Waals surface area contributed by atoms with Crippen molar-refractivity contribution in [2.24, 2.45) is 0 Å². The second-order valence-electron chi connectivity index (χ2n) is 2.42. The Hall–Kier alpha value is -1.34. The number of aryl methyl sites for hydroxylation is 1. The van der Waals surface area contributed by atoms with Crippen LogP contribution in [0.4, 0.5) is 0 Å². The molecule has 0 bridgehead atoms. The van der Waals surface area contributed by atoms with Crippen molar-refractivity contribution >= 4 is 17.3 Å². The number of rotatable bonds is 3. The first-order chi connectivity index (χ1) is 6.27. The summed E-state index contributed by atoms with van der Waals surface area (Å²) in [4.78, 5) is 12.7. The van der Waals surface area contributed by atoms with Crippen molar-refractivity contribution in [3.63, 3.8) is 0 Å². The number of thiophene rings is 1. The Kier molecular flexibility index (Phi) is 3.47. The number of nitriles is 1. The second-order valence-corrected chi connectivity index (χ2v) is 3.58. The van der Waals surface area contributed by atoms with E-state index in [9.17, 15) is 4.79 Å². The lowest BCUT2D eigenvalue weighted by molar-refractivity contribution is 0.0606. The van der Waals surface area contributed by atoms with Gasteiger partial charge in [0.2, 0.25) is 0 Å². The molecular formula is C9H9NO2S. The van der Waals surface area contributed by atoms with Crippen LogP contribution < -0.4 is 0 Å². The highest BCUT2D eigenvalue weighted by molar-refractivity contribution is 7.13. The molecule has 68 valence electrons. The molecule has 0 fully saturated rings. The molecule has 1 rings (SSSR count). The third-order valence-electron chi connectivity index (χ3n) is 1.53. The number of hydrogen-bond donors (Lipinski definition) is 0. The summed E-state index contributed by atoms with van der Waals surface area (Å²) in [5, 5.41) is 8.35. The van der Waals surface area contributed by atoms with Crippen molar-refractivity contribution < 1.29 is 9.53 Å². The van der Waals surface area contributed by atoms with Gasteiger partial charge in [0.25, 0.3) is 0 Å². The molecule has 1 aromatic heterocycles. The minimum Gasteiger partial charge on any atom is -0.465 e. The molecule has 0 atom stereocenters. The molecule has 0 aromatic carbocycles. The fourth-order valence-electron chi connectivity index (χ4n) is 0.902. The number of nitrogens with zero attached hydrogens (tertiary/aromatic N) is 1. The summed E-state index contributed by atoms with van der Waals surface area (Å²) in [6.07, 6.45) is 1.19. The average Bonchev–Trinajstić information content (AvgIpc) is 2.62. The Morgan fingerprint density at radius 1 is 1.69 bits per heavy atom. The van der Waals surface area contributed by atoms with Gasteiger partial charge < -0.3 is 4.74 Å². The van der Waals surface area contributed by atoms with Gasteiger partial charge in [-0.15, -0.1) is 11.3 Å². The first-order valence-corrected chi connectivity index (χ1v) is 4.63. The van der Waals surface area contributed by atoms with Gasteiger partial charge in [-0.05, 0) is 18.6 Å². The average molecular weight is 195 g/mol. The lowest BCUT2D eigenvalue weighted by atomic mass is 10.3. The predicted molar refractivity (Wildman–Crippen MR) is 49.6 cm³/mol. The number of esters is 1. The molecule has 1 aromatic rings. The van der Waals surface area contributed by atoms with Gasteiger partial charge in [0, 0.05) is 11.3 Å². The first-order valence-electron chi connectivity index (χ1n) is 3.82. The SMILES string of the molecule is COC(=O)c1ccc(CCC#N)s1. The Labute approximate surface area is 80.6 Å². The number of carbonyl (C=O) groups excluding carboxylic acids is 1. The molecule has 13 heavy (non-hydrogen) atoms. The van der Waals surface area contributed by atoms with E-state index in [1.807, 2.05) is 6.07 Å². The van der Waals surface area contributed by atoms with Crippen LogP contribution in [0.1, 0.15) is 21.0 Å². The van der Waals surface area contributed by atoms with Crippen LogP contribution >= 0.6 is 11.3 Å². The zero-order chi connectivity index (χ0) is 9.68. The van der Waals surface area contributed by atoms with E-state index in [0.29, 0.717) is 17.7 Å². The maximum absolute atomic E-state index is 11.0. The highest BCUT2D eigenvalue weighted by atomic mass is 32.1. The van der Waals surface area contributed by atoms with Crippen LogP contribution in [-0.2, 0) is 11.2 Å². The first kappa shape index (κ1) is 9.75. The minimum absolute atomic E-state index is 0.312. The van der Waals surface area contributed by atoms with Crippen LogP contribution in [0, 0.1) is 11.3 Å². The molecule has 0 saturated heterocycles. The van der Waals surface area contributed by atoms with E-state index >= 15 is 0 Å². The van der Waals surface area contributed by atoms with E-state index in [1.165, 1.54) is 18.4 Å². The molecule has 0 aliphatic rings. The van der Waals surface area contributed by atoms with Crippen molar-refractivity contribution in [2.45, 2.75) is 12.8 Å². The molecular weight excluding hydrogens is 186 g/mol. The maximum Gasteiger partial charge on any atom is 0.348 e. The molecule has 0 amide bonds. The topological polar surface area (TPSA) is 50.1 Å². The summed E-state index contributed by atoms with van der Waals surface area (Å²) in [5.41, 5.74) is 0. The molecule has 0 aliphatic carbocycles. The highest BCUT2D eigenvalue weighted by Crippen LogP contribution is 2.18. The molecule has 0 spiro atoms. The van der Waals surface area contributed by atoms with Crippen molar-refractivity contribution in [3.05, 3.63) is 21.9 Å². The summed E-state index contributed by atoms with van der Waals surface area (Å²) in [6, 6.07) is 5.64. The van der Waals surface area contributed by atoms with Crippen LogP contribution in [-0.4, -0.2) is 13.1 Å². The van der Waals surface area contributed by atoms with Gasteiger partial charge in [-0.1, -0.05) is 0 Å². The van der Waals surface area contributed by atoms with Gasteiger partial charge in [-0.25, -0.2) is 4.79 Å². The Morgan fingerprint density at radius 2 is 2.46 bits per heavy atom. The van der Waals surface area contributed by atoms with Gasteiger partial charge in [-0.3, -0.25) is 0 Å². The zero-order valence-corrected chi connectivity index (χ0v) is 8.06. The van der Waals surface area contributed by atoms with Gasteiger partial charge in [0.05, 0.1) is 13.2 Å². The van der Waals surface area contributed by atoms with E-state index < -0.39 is 0 Å². The van der Waals surface area contributed by atoms with Crippen molar-refractivity contribution in [1.82, 2.24) is 0 Å². The van der Waals surface area contributed by atoms with Gasteiger partial charge in [0.15, 0.2) is 0 Å². The van der Waals surface area contributed by atoms with Crippen LogP contribution in [0.5, 0.6) is 0 Å². The van der Waals surface area contributed by atoms with Crippen molar-refractivity contribution in [1.29, 1.82) is 5.26 Å². The van der Waals surface area contributed by atoms with Crippen LogP contribution in [0.2, 0.25) is 0 Å². The number of ether oxygens (including phenoxy) is 1. The smallest absolute Gasteiger partial charge is 0.348 e. The number of methoxy groups -OCH3 is 1. The largest absolute Gasteiger partial charge is 0.465 e. The second kappa shape index (κ2) is 4.63. The molecule has 0 aliphatic heterocycles. The van der Waals surface area contributed by atoms with Gasteiger partial charge in [0.1, 0.15) is 4.88 Å². The molecule has 0 saturated carbocycles. The molecule has 0 N–H and O–H groups in total. The van der Waals surface area contributed by atoms with Crippen LogP contribution in [0.25, 0.3) is 0 Å². The Morgan fingerprint density at radius 3 is 3.08 bits per heavy atom. The van der Waals surface area contributed by atoms with Crippen molar-refractivity contribution in [2.75, 3.05) is 7.11 Å². The van der Waals surface area contributed by atoms with E-state index in [1.54, 1.807) is 6.07 Å². The number of hydrogen-bond acceptors (Lipinski definition) is 4. The highest BCUT2D eigenvalue weighted by Gasteiger charge is 2.08. The normalized spacial score (nSPS) is 9.23. The molecule has 0 radical (unpaired) electrons. The Balaban J connectivity index is 2.64.